The van der Waals surface area contributed by atoms with E-state index >= 15 is 0 Å². The van der Waals surface area contributed by atoms with Crippen LogP contribution in [0.1, 0.15) is 28.9 Å². The predicted octanol–water partition coefficient (Wildman–Crippen LogP) is 6.10. The number of hydrogen-bond donors (Lipinski definition) is 4. The van der Waals surface area contributed by atoms with E-state index in [-0.39, 0.29) is 17.5 Å². The molecule has 1 unspecified atom stereocenters. The second-order valence-corrected chi connectivity index (χ2v) is 11.2. The van der Waals surface area contributed by atoms with E-state index in [9.17, 15) is 35.5 Å². The van der Waals surface area contributed by atoms with Crippen LogP contribution >= 0.6 is 11.6 Å². The molecule has 4 N–H and O–H groups in total. The number of aliphatic carboxylic acids is 2. The average molecular weight is 759 g/mol. The molecular weight excluding hydrogens is 733 g/mol. The van der Waals surface area contributed by atoms with Crippen molar-refractivity contribution in [2.24, 2.45) is 0 Å². The number of carbonyl (C=O) groups is 3. The van der Waals surface area contributed by atoms with Gasteiger partial charge >= 0.3 is 24.3 Å². The van der Waals surface area contributed by atoms with Crippen molar-refractivity contribution in [3.05, 3.63) is 83.3 Å². The van der Waals surface area contributed by atoms with Crippen LogP contribution in [0, 0.1) is 5.82 Å². The molecule has 1 saturated heterocycles. The molecule has 2 aromatic carbocycles. The molecule has 1 aliphatic rings. The molecule has 6 rings (SSSR count). The molecule has 0 aliphatic carbocycles. The number of aromatic amines is 1. The number of benzene rings is 2. The number of carboxylic acids is 2. The maximum Gasteiger partial charge on any atom is 0.490 e. The number of nitrogens with zero attached hydrogens (tertiary/aromatic N) is 6. The topological polar surface area (TPSA) is 178 Å². The molecule has 1 aliphatic heterocycles. The third-order valence-corrected chi connectivity index (χ3v) is 7.67. The number of amides is 1. The van der Waals surface area contributed by atoms with E-state index in [0.717, 1.165) is 22.2 Å². The number of rotatable bonds is 5. The van der Waals surface area contributed by atoms with Crippen molar-refractivity contribution in [1.29, 1.82) is 0 Å². The second kappa shape index (κ2) is 16.0. The van der Waals surface area contributed by atoms with Crippen LogP contribution in [0.15, 0.2) is 61.3 Å². The van der Waals surface area contributed by atoms with E-state index in [1.54, 1.807) is 29.6 Å². The highest BCUT2D eigenvalue weighted by Gasteiger charge is 2.39. The van der Waals surface area contributed by atoms with Crippen LogP contribution in [-0.4, -0.2) is 96.4 Å². The van der Waals surface area contributed by atoms with Gasteiger partial charge in [0.1, 0.15) is 17.7 Å². The summed E-state index contributed by atoms with van der Waals surface area (Å²) in [4.78, 5) is 55.3. The van der Waals surface area contributed by atoms with E-state index in [1.165, 1.54) is 18.5 Å². The molecule has 4 heterocycles. The number of carboxylic acid groups (broad SMARTS) is 2. The Kier molecular flexibility index (Phi) is 12.0. The summed E-state index contributed by atoms with van der Waals surface area (Å²) in [5.74, 6) is -5.72. The van der Waals surface area contributed by atoms with Crippen molar-refractivity contribution in [3.8, 4) is 0 Å². The number of piperazine rings is 1. The average Bonchev–Trinajstić information content (AvgIpc) is 3.58. The van der Waals surface area contributed by atoms with Gasteiger partial charge in [0, 0.05) is 43.3 Å². The van der Waals surface area contributed by atoms with Gasteiger partial charge in [-0.3, -0.25) is 9.78 Å². The molecule has 3 aromatic heterocycles. The van der Waals surface area contributed by atoms with Crippen LogP contribution in [0.2, 0.25) is 5.02 Å². The smallest absolute Gasteiger partial charge is 0.475 e. The minimum Gasteiger partial charge on any atom is -0.475 e. The highest BCUT2D eigenvalue weighted by atomic mass is 35.5. The zero-order valence-corrected chi connectivity index (χ0v) is 27.3. The van der Waals surface area contributed by atoms with E-state index in [0.29, 0.717) is 48.2 Å². The molecule has 0 spiro atoms. The quantitative estimate of drug-likeness (QED) is 0.152. The lowest BCUT2D eigenvalue weighted by Gasteiger charge is -2.38. The van der Waals surface area contributed by atoms with Gasteiger partial charge in [-0.1, -0.05) is 23.7 Å². The number of H-pyrrole nitrogens is 1. The summed E-state index contributed by atoms with van der Waals surface area (Å²) in [6.45, 7) is 4.05. The Morgan fingerprint density at radius 3 is 2.10 bits per heavy atom. The predicted molar refractivity (Wildman–Crippen MR) is 172 cm³/mol. The number of pyridine rings is 1. The van der Waals surface area contributed by atoms with Crippen LogP contribution in [0.25, 0.3) is 22.1 Å². The fourth-order valence-corrected chi connectivity index (χ4v) is 5.23. The third-order valence-electron chi connectivity index (χ3n) is 7.35. The molecule has 13 nitrogen and oxygen atoms in total. The van der Waals surface area contributed by atoms with Crippen molar-refractivity contribution < 1.29 is 55.3 Å². The lowest BCUT2D eigenvalue weighted by molar-refractivity contribution is -0.193. The first-order valence-electron chi connectivity index (χ1n) is 14.8. The van der Waals surface area contributed by atoms with E-state index in [2.05, 4.69) is 30.2 Å². The Bertz CT molecular complexity index is 2050. The Morgan fingerprint density at radius 1 is 0.885 bits per heavy atom. The highest BCUT2D eigenvalue weighted by molar-refractivity contribution is 6.36. The monoisotopic (exact) mass is 758 g/mol. The number of alkyl halides is 6. The van der Waals surface area contributed by atoms with Gasteiger partial charge in [0.25, 0.3) is 5.91 Å². The van der Waals surface area contributed by atoms with Crippen LogP contribution in [0.3, 0.4) is 0 Å². The van der Waals surface area contributed by atoms with E-state index < -0.39 is 30.1 Å². The number of fused-ring (bicyclic) bond motifs is 2. The van der Waals surface area contributed by atoms with Crippen molar-refractivity contribution in [1.82, 2.24) is 29.8 Å². The first-order valence-corrected chi connectivity index (χ1v) is 15.1. The zero-order chi connectivity index (χ0) is 38.4. The van der Waals surface area contributed by atoms with Crippen molar-refractivity contribution in [2.75, 3.05) is 36.4 Å². The molecule has 21 heteroatoms. The Labute approximate surface area is 293 Å². The molecule has 276 valence electrons. The van der Waals surface area contributed by atoms with E-state index in [1.807, 2.05) is 25.1 Å². The largest absolute Gasteiger partial charge is 0.490 e. The van der Waals surface area contributed by atoms with Crippen LogP contribution in [0.5, 0.6) is 0 Å². The Balaban J connectivity index is 0.000000367. The molecule has 0 radical (unpaired) electrons. The van der Waals surface area contributed by atoms with Crippen molar-refractivity contribution in [2.45, 2.75) is 25.3 Å². The van der Waals surface area contributed by atoms with Gasteiger partial charge in [0.15, 0.2) is 11.5 Å². The molecule has 52 heavy (non-hydrogen) atoms. The van der Waals surface area contributed by atoms with Crippen LogP contribution in [-0.2, 0) is 9.59 Å². The molecule has 1 amide bonds. The molecule has 0 bridgehead atoms. The van der Waals surface area contributed by atoms with Gasteiger partial charge < -0.3 is 30.3 Å². The molecular formula is C31H26ClF7N8O5. The van der Waals surface area contributed by atoms with Gasteiger partial charge in [0.05, 0.1) is 34.2 Å². The lowest BCUT2D eigenvalue weighted by Crippen LogP contribution is -2.49. The van der Waals surface area contributed by atoms with Gasteiger partial charge in [-0.25, -0.2) is 28.9 Å². The first kappa shape index (κ1) is 39.0. The lowest BCUT2D eigenvalue weighted by atomic mass is 10.0. The summed E-state index contributed by atoms with van der Waals surface area (Å²) in [5.41, 5.74) is 4.04. The number of anilines is 2. The van der Waals surface area contributed by atoms with E-state index in [4.69, 9.17) is 36.4 Å². The number of aromatic nitrogens is 5. The normalized spacial score (nSPS) is 13.8. The number of hydrogen-bond acceptors (Lipinski definition) is 9. The molecule has 0 saturated carbocycles. The highest BCUT2D eigenvalue weighted by Crippen LogP contribution is 2.39. The fourth-order valence-electron chi connectivity index (χ4n) is 4.96. The van der Waals surface area contributed by atoms with Crippen LogP contribution < -0.4 is 10.2 Å². The van der Waals surface area contributed by atoms with Crippen molar-refractivity contribution in [3.63, 3.8) is 0 Å². The number of imidazole rings is 1. The zero-order valence-electron chi connectivity index (χ0n) is 26.5. The number of nitrogens with one attached hydrogen (secondary N) is 2. The van der Waals surface area contributed by atoms with Gasteiger partial charge in [-0.15, -0.1) is 0 Å². The number of halogens is 8. The second-order valence-electron chi connectivity index (χ2n) is 10.7. The summed E-state index contributed by atoms with van der Waals surface area (Å²) in [5, 5.41) is 19.2. The summed E-state index contributed by atoms with van der Waals surface area (Å²) in [6.07, 6.45) is -5.35. The van der Waals surface area contributed by atoms with Crippen LogP contribution in [0.4, 0.5) is 42.2 Å². The first-order chi connectivity index (χ1) is 24.4. The Hall–Kier alpha value is -5.79. The molecule has 1 atom stereocenters. The van der Waals surface area contributed by atoms with Gasteiger partial charge in [-0.2, -0.15) is 26.3 Å². The molecule has 5 aromatic rings. The van der Waals surface area contributed by atoms with Gasteiger partial charge in [0.2, 0.25) is 0 Å². The third kappa shape index (κ3) is 9.30. The van der Waals surface area contributed by atoms with Gasteiger partial charge in [-0.05, 0) is 37.3 Å². The summed E-state index contributed by atoms with van der Waals surface area (Å²) in [6, 6.07) is 11.6. The fraction of sp³-hybridized carbons (Fsp3) is 0.258. The SMILES string of the molecule is CC(Nc1ncnc2[nH]cnc12)c1cc(Cl)c2cccnc2c1N1CCN(C(=O)c2ccccc2F)CC1.O=C(O)C(F)(F)F.O=C(O)C(F)(F)F. The maximum absolute atomic E-state index is 14.2. The summed E-state index contributed by atoms with van der Waals surface area (Å²) >= 11 is 6.73. The Morgan fingerprint density at radius 2 is 1.50 bits per heavy atom. The minimum absolute atomic E-state index is 0.0904. The molecule has 1 fully saturated rings. The minimum atomic E-state index is -5.08. The number of carbonyl (C=O) groups excluding carboxylic acids is 1. The standard InChI is InChI=1S/C27H24ClFN8O.2C2HF3O2/c1-16(35-26-23-25(32-14-31-23)33-15-34-26)19-13-20(28)17-6-4-8-30-22(17)24(19)36-9-11-37(12-10-36)27(38)18-5-2-3-7-21(18)29;2*3-2(4,5)1(6)7/h2-8,13-16H,9-12H2,1H3,(H2,31,32,33,34,35);2*(H,6,7). The summed E-state index contributed by atoms with van der Waals surface area (Å²) < 4.78 is 77.7. The maximum atomic E-state index is 14.2. The summed E-state index contributed by atoms with van der Waals surface area (Å²) in [7, 11) is 0. The van der Waals surface area contributed by atoms with Crippen molar-refractivity contribution >= 4 is 63.0 Å².